The molecule has 2 aromatic carbocycles. The molecule has 0 radical (unpaired) electrons. The normalized spacial score (nSPS) is 11.2. The van der Waals surface area contributed by atoms with E-state index in [9.17, 15) is 18.0 Å². The number of rotatable bonds is 6. The second-order valence-corrected chi connectivity index (χ2v) is 7.18. The molecule has 3 aromatic rings. The van der Waals surface area contributed by atoms with E-state index in [-0.39, 0.29) is 12.3 Å². The first-order valence-corrected chi connectivity index (χ1v) is 9.46. The highest BCUT2D eigenvalue weighted by atomic mass is 19.4. The van der Waals surface area contributed by atoms with Gasteiger partial charge in [0.1, 0.15) is 17.5 Å². The molecule has 0 aliphatic heterocycles. The molecule has 6 nitrogen and oxygen atoms in total. The molecular weight excluding hydrogens is 407 g/mol. The smallest absolute Gasteiger partial charge is 0.363 e. The van der Waals surface area contributed by atoms with E-state index in [0.29, 0.717) is 22.9 Å². The highest BCUT2D eigenvalue weighted by Gasteiger charge is 2.29. The lowest BCUT2D eigenvalue weighted by atomic mass is 10.1. The Morgan fingerprint density at radius 3 is 2.16 bits per heavy atom. The third-order valence-electron chi connectivity index (χ3n) is 4.37. The largest absolute Gasteiger partial charge is 0.416 e. The Kier molecular flexibility index (Phi) is 6.43. The van der Waals surface area contributed by atoms with Gasteiger partial charge in [0, 0.05) is 31.5 Å². The molecule has 0 aliphatic carbocycles. The third-order valence-corrected chi connectivity index (χ3v) is 4.37. The maximum Gasteiger partial charge on any atom is 0.416 e. The lowest BCUT2D eigenvalue weighted by Crippen LogP contribution is -2.14. The highest BCUT2D eigenvalue weighted by Crippen LogP contribution is 2.29. The molecule has 162 valence electrons. The minimum Gasteiger partial charge on any atom is -0.363 e. The quantitative estimate of drug-likeness (QED) is 0.589. The van der Waals surface area contributed by atoms with Crippen molar-refractivity contribution in [3.63, 3.8) is 0 Å². The standard InChI is InChI=1S/C22H22F3N5O/c1-14-26-19(13-20(27-14)30(2)3)28-17-8-10-18(11-9-17)29-21(31)12-15-4-6-16(7-5-15)22(23,24)25/h4-11,13H,12H2,1-3H3,(H,29,31)(H,26,27,28). The van der Waals surface area contributed by atoms with Crippen LogP contribution in [-0.2, 0) is 17.4 Å². The average molecular weight is 429 g/mol. The topological polar surface area (TPSA) is 70.2 Å². The van der Waals surface area contributed by atoms with Gasteiger partial charge in [0.25, 0.3) is 0 Å². The van der Waals surface area contributed by atoms with Gasteiger partial charge in [-0.25, -0.2) is 9.97 Å². The molecular formula is C22H22F3N5O. The summed E-state index contributed by atoms with van der Waals surface area (Å²) in [5.41, 5.74) is 1.12. The molecule has 0 unspecified atom stereocenters. The predicted octanol–water partition coefficient (Wildman–Crippen LogP) is 4.79. The van der Waals surface area contributed by atoms with Crippen molar-refractivity contribution in [3.05, 3.63) is 71.5 Å². The molecule has 1 aromatic heterocycles. The first kappa shape index (κ1) is 22.1. The van der Waals surface area contributed by atoms with Gasteiger partial charge in [-0.3, -0.25) is 4.79 Å². The molecule has 2 N–H and O–H groups in total. The zero-order chi connectivity index (χ0) is 22.6. The minimum absolute atomic E-state index is 0.0222. The monoisotopic (exact) mass is 429 g/mol. The van der Waals surface area contributed by atoms with E-state index in [2.05, 4.69) is 20.6 Å². The van der Waals surface area contributed by atoms with E-state index in [1.807, 2.05) is 32.0 Å². The summed E-state index contributed by atoms with van der Waals surface area (Å²) in [6, 6.07) is 13.4. The number of aromatic nitrogens is 2. The second-order valence-electron chi connectivity index (χ2n) is 7.18. The van der Waals surface area contributed by atoms with Crippen LogP contribution >= 0.6 is 0 Å². The Morgan fingerprint density at radius 2 is 1.58 bits per heavy atom. The summed E-state index contributed by atoms with van der Waals surface area (Å²) in [6.07, 6.45) is -4.42. The Balaban J connectivity index is 1.60. The van der Waals surface area contributed by atoms with Crippen molar-refractivity contribution in [1.29, 1.82) is 0 Å². The predicted molar refractivity (Wildman–Crippen MR) is 115 cm³/mol. The van der Waals surface area contributed by atoms with Crippen LogP contribution in [0.1, 0.15) is 17.0 Å². The van der Waals surface area contributed by atoms with Gasteiger partial charge < -0.3 is 15.5 Å². The molecule has 9 heteroatoms. The number of hydrogen-bond acceptors (Lipinski definition) is 5. The van der Waals surface area contributed by atoms with Gasteiger partial charge in [0.05, 0.1) is 12.0 Å². The van der Waals surface area contributed by atoms with Crippen LogP contribution in [0.3, 0.4) is 0 Å². The number of nitrogens with zero attached hydrogens (tertiary/aromatic N) is 3. The Morgan fingerprint density at radius 1 is 0.968 bits per heavy atom. The van der Waals surface area contributed by atoms with Crippen molar-refractivity contribution in [3.8, 4) is 0 Å². The molecule has 3 rings (SSSR count). The number of nitrogens with one attached hydrogen (secondary N) is 2. The van der Waals surface area contributed by atoms with Gasteiger partial charge in [0.2, 0.25) is 5.91 Å². The van der Waals surface area contributed by atoms with E-state index >= 15 is 0 Å². The first-order valence-electron chi connectivity index (χ1n) is 9.46. The first-order chi connectivity index (χ1) is 14.6. The maximum atomic E-state index is 12.6. The van der Waals surface area contributed by atoms with Gasteiger partial charge in [0.15, 0.2) is 0 Å². The van der Waals surface area contributed by atoms with E-state index in [4.69, 9.17) is 0 Å². The molecule has 0 spiro atoms. The van der Waals surface area contributed by atoms with Crippen LogP contribution in [0.25, 0.3) is 0 Å². The molecule has 0 saturated heterocycles. The van der Waals surface area contributed by atoms with Crippen LogP contribution in [0.4, 0.5) is 36.2 Å². The molecule has 0 bridgehead atoms. The van der Waals surface area contributed by atoms with Crippen LogP contribution < -0.4 is 15.5 Å². The van der Waals surface area contributed by atoms with Gasteiger partial charge in [-0.15, -0.1) is 0 Å². The van der Waals surface area contributed by atoms with Crippen LogP contribution in [-0.4, -0.2) is 30.0 Å². The fourth-order valence-corrected chi connectivity index (χ4v) is 2.83. The summed E-state index contributed by atoms with van der Waals surface area (Å²) in [7, 11) is 3.79. The number of carbonyl (C=O) groups excluding carboxylic acids is 1. The molecule has 31 heavy (non-hydrogen) atoms. The van der Waals surface area contributed by atoms with Crippen LogP contribution in [0.5, 0.6) is 0 Å². The van der Waals surface area contributed by atoms with Crippen LogP contribution in [0.2, 0.25) is 0 Å². The van der Waals surface area contributed by atoms with Crippen LogP contribution in [0, 0.1) is 6.92 Å². The minimum atomic E-state index is -4.39. The van der Waals surface area contributed by atoms with Gasteiger partial charge >= 0.3 is 6.18 Å². The fourth-order valence-electron chi connectivity index (χ4n) is 2.83. The molecule has 0 saturated carbocycles. The van der Waals surface area contributed by atoms with E-state index in [0.717, 1.165) is 23.6 Å². The second kappa shape index (κ2) is 9.03. The van der Waals surface area contributed by atoms with Crippen molar-refractivity contribution in [1.82, 2.24) is 9.97 Å². The summed E-state index contributed by atoms with van der Waals surface area (Å²) < 4.78 is 37.9. The van der Waals surface area contributed by atoms with Crippen molar-refractivity contribution < 1.29 is 18.0 Å². The van der Waals surface area contributed by atoms with E-state index < -0.39 is 11.7 Å². The average Bonchev–Trinajstić information content (AvgIpc) is 2.68. The highest BCUT2D eigenvalue weighted by molar-refractivity contribution is 5.92. The summed E-state index contributed by atoms with van der Waals surface area (Å²) in [6.45, 7) is 1.81. The van der Waals surface area contributed by atoms with Crippen LogP contribution in [0.15, 0.2) is 54.6 Å². The zero-order valence-corrected chi connectivity index (χ0v) is 17.3. The number of alkyl halides is 3. The summed E-state index contributed by atoms with van der Waals surface area (Å²) in [5, 5.41) is 5.93. The Labute approximate surface area is 178 Å². The third kappa shape index (κ3) is 6.18. The lowest BCUT2D eigenvalue weighted by molar-refractivity contribution is -0.137. The Bertz CT molecular complexity index is 1050. The van der Waals surface area contributed by atoms with E-state index in [1.165, 1.54) is 12.1 Å². The van der Waals surface area contributed by atoms with E-state index in [1.54, 1.807) is 24.3 Å². The maximum absolute atomic E-state index is 12.6. The SMILES string of the molecule is Cc1nc(Nc2ccc(NC(=O)Cc3ccc(C(F)(F)F)cc3)cc2)cc(N(C)C)n1. The number of halogens is 3. The lowest BCUT2D eigenvalue weighted by Gasteiger charge is -2.14. The fraction of sp³-hybridized carbons (Fsp3) is 0.227. The molecule has 0 fully saturated rings. The number of carbonyl (C=O) groups is 1. The van der Waals surface area contributed by atoms with Crippen molar-refractivity contribution >= 4 is 28.9 Å². The van der Waals surface area contributed by atoms with Gasteiger partial charge in [-0.1, -0.05) is 12.1 Å². The summed E-state index contributed by atoms with van der Waals surface area (Å²) >= 11 is 0. The number of hydrogen-bond donors (Lipinski definition) is 2. The molecule has 0 aliphatic rings. The van der Waals surface area contributed by atoms with Gasteiger partial charge in [-0.2, -0.15) is 13.2 Å². The van der Waals surface area contributed by atoms with Gasteiger partial charge in [-0.05, 0) is 48.9 Å². The van der Waals surface area contributed by atoms with Crippen molar-refractivity contribution in [2.75, 3.05) is 29.6 Å². The summed E-state index contributed by atoms with van der Waals surface area (Å²) in [4.78, 5) is 22.8. The molecule has 1 heterocycles. The van der Waals surface area contributed by atoms with Crippen molar-refractivity contribution in [2.24, 2.45) is 0 Å². The number of benzene rings is 2. The molecule has 1 amide bonds. The Hall–Kier alpha value is -3.62. The number of anilines is 4. The zero-order valence-electron chi connectivity index (χ0n) is 17.3. The molecule has 0 atom stereocenters. The summed E-state index contributed by atoms with van der Waals surface area (Å²) in [5.74, 6) is 1.75. The number of aryl methyl sites for hydroxylation is 1. The number of amides is 1. The van der Waals surface area contributed by atoms with Crippen molar-refractivity contribution in [2.45, 2.75) is 19.5 Å².